The monoisotopic (exact) mass is 353 g/mol. The van der Waals surface area contributed by atoms with Gasteiger partial charge >= 0.3 is 5.97 Å². The fraction of sp³-hybridized carbons (Fsp3) is 0.263. The van der Waals surface area contributed by atoms with E-state index in [9.17, 15) is 9.59 Å². The highest BCUT2D eigenvalue weighted by atomic mass is 16.6. The molecule has 0 aliphatic heterocycles. The van der Waals surface area contributed by atoms with Crippen molar-refractivity contribution in [3.8, 4) is 17.0 Å². The number of carbonyl (C=O) groups is 1. The third-order valence-electron chi connectivity index (χ3n) is 3.84. The molecule has 0 aliphatic carbocycles. The lowest BCUT2D eigenvalue weighted by molar-refractivity contribution is -0.151. The molecule has 0 bridgehead atoms. The van der Waals surface area contributed by atoms with Gasteiger partial charge in [-0.05, 0) is 18.9 Å². The Kier molecular flexibility index (Phi) is 5.26. The van der Waals surface area contributed by atoms with Crippen molar-refractivity contribution in [3.05, 3.63) is 59.3 Å². The average Bonchev–Trinajstić information content (AvgIpc) is 2.67. The Morgan fingerprint density at radius 1 is 1.23 bits per heavy atom. The predicted molar refractivity (Wildman–Crippen MR) is 96.0 cm³/mol. The van der Waals surface area contributed by atoms with Crippen molar-refractivity contribution in [2.75, 3.05) is 6.61 Å². The van der Waals surface area contributed by atoms with Crippen LogP contribution in [0.1, 0.15) is 20.3 Å². The molecule has 0 aliphatic rings. The zero-order valence-electron chi connectivity index (χ0n) is 14.6. The molecule has 134 valence electrons. The Balaban J connectivity index is 2.16. The summed E-state index contributed by atoms with van der Waals surface area (Å²) in [6, 6.07) is 9.09. The lowest BCUT2D eigenvalue weighted by atomic mass is 10.1. The van der Waals surface area contributed by atoms with Crippen molar-refractivity contribution < 1.29 is 14.3 Å². The highest BCUT2D eigenvalue weighted by molar-refractivity contribution is 5.76. The van der Waals surface area contributed by atoms with Crippen LogP contribution in [0.5, 0.6) is 5.88 Å². The van der Waals surface area contributed by atoms with Gasteiger partial charge in [-0.3, -0.25) is 14.2 Å². The molecule has 1 aromatic carbocycles. The molecule has 26 heavy (non-hydrogen) atoms. The van der Waals surface area contributed by atoms with Gasteiger partial charge in [-0.25, -0.2) is 4.79 Å². The van der Waals surface area contributed by atoms with E-state index in [2.05, 4.69) is 9.97 Å². The molecular weight excluding hydrogens is 334 g/mol. The Morgan fingerprint density at radius 2 is 2.00 bits per heavy atom. The van der Waals surface area contributed by atoms with Crippen LogP contribution in [0.3, 0.4) is 0 Å². The number of carbonyl (C=O) groups excluding carboxylic acids is 1. The molecular formula is C19H19N3O4. The number of fused-ring (bicyclic) bond motifs is 1. The Morgan fingerprint density at radius 3 is 2.69 bits per heavy atom. The summed E-state index contributed by atoms with van der Waals surface area (Å²) in [7, 11) is 0. The predicted octanol–water partition coefficient (Wildman–Crippen LogP) is 2.48. The SMILES string of the molecule is CCOC(=O)C(CC)Oc1nc2cnccn2c(=O)c1-c1ccccc1. The second-order valence-corrected chi connectivity index (χ2v) is 5.53. The van der Waals surface area contributed by atoms with Gasteiger partial charge in [-0.15, -0.1) is 0 Å². The summed E-state index contributed by atoms with van der Waals surface area (Å²) in [5, 5.41) is 0. The van der Waals surface area contributed by atoms with E-state index >= 15 is 0 Å². The fourth-order valence-corrected chi connectivity index (χ4v) is 2.58. The van der Waals surface area contributed by atoms with Gasteiger partial charge in [0.25, 0.3) is 5.56 Å². The van der Waals surface area contributed by atoms with E-state index in [1.165, 1.54) is 16.8 Å². The lowest BCUT2D eigenvalue weighted by Crippen LogP contribution is -2.30. The van der Waals surface area contributed by atoms with E-state index in [1.807, 2.05) is 18.2 Å². The van der Waals surface area contributed by atoms with Crippen LogP contribution < -0.4 is 10.3 Å². The average molecular weight is 353 g/mol. The second-order valence-electron chi connectivity index (χ2n) is 5.53. The summed E-state index contributed by atoms with van der Waals surface area (Å²) < 4.78 is 12.3. The van der Waals surface area contributed by atoms with E-state index in [-0.39, 0.29) is 23.6 Å². The molecule has 2 heterocycles. The third kappa shape index (κ3) is 3.42. The van der Waals surface area contributed by atoms with Crippen LogP contribution in [0.25, 0.3) is 16.8 Å². The maximum Gasteiger partial charge on any atom is 0.347 e. The van der Waals surface area contributed by atoms with Gasteiger partial charge in [-0.1, -0.05) is 37.3 Å². The van der Waals surface area contributed by atoms with Crippen molar-refractivity contribution in [1.29, 1.82) is 0 Å². The van der Waals surface area contributed by atoms with Crippen molar-refractivity contribution in [2.45, 2.75) is 26.4 Å². The molecule has 1 unspecified atom stereocenters. The molecule has 0 N–H and O–H groups in total. The number of nitrogens with zero attached hydrogens (tertiary/aromatic N) is 3. The molecule has 3 rings (SSSR count). The van der Waals surface area contributed by atoms with Crippen molar-refractivity contribution >= 4 is 11.6 Å². The number of rotatable bonds is 6. The third-order valence-corrected chi connectivity index (χ3v) is 3.84. The molecule has 1 atom stereocenters. The van der Waals surface area contributed by atoms with Gasteiger partial charge in [0, 0.05) is 12.4 Å². The normalized spacial score (nSPS) is 11.9. The number of hydrogen-bond donors (Lipinski definition) is 0. The highest BCUT2D eigenvalue weighted by Gasteiger charge is 2.24. The first-order valence-electron chi connectivity index (χ1n) is 8.40. The number of hydrogen-bond acceptors (Lipinski definition) is 6. The molecule has 3 aromatic rings. The zero-order valence-corrected chi connectivity index (χ0v) is 14.6. The Hall–Kier alpha value is -3.22. The topological polar surface area (TPSA) is 82.8 Å². The van der Waals surface area contributed by atoms with Crippen molar-refractivity contribution in [3.63, 3.8) is 0 Å². The first-order valence-corrected chi connectivity index (χ1v) is 8.40. The number of benzene rings is 1. The lowest BCUT2D eigenvalue weighted by Gasteiger charge is -2.18. The molecule has 0 saturated heterocycles. The quantitative estimate of drug-likeness (QED) is 0.633. The molecule has 2 aromatic heterocycles. The Bertz CT molecular complexity index is 969. The Labute approximate surface area is 150 Å². The summed E-state index contributed by atoms with van der Waals surface area (Å²) in [5.41, 5.74) is 0.991. The van der Waals surface area contributed by atoms with Crippen LogP contribution in [-0.2, 0) is 9.53 Å². The van der Waals surface area contributed by atoms with Crippen LogP contribution in [0.2, 0.25) is 0 Å². The molecule has 0 amide bonds. The van der Waals surface area contributed by atoms with E-state index in [4.69, 9.17) is 9.47 Å². The van der Waals surface area contributed by atoms with E-state index in [1.54, 1.807) is 32.2 Å². The van der Waals surface area contributed by atoms with Gasteiger partial charge in [0.05, 0.1) is 12.8 Å². The van der Waals surface area contributed by atoms with Crippen LogP contribution in [-0.4, -0.2) is 33.0 Å². The molecule has 7 nitrogen and oxygen atoms in total. The highest BCUT2D eigenvalue weighted by Crippen LogP contribution is 2.26. The number of ether oxygens (including phenoxy) is 2. The summed E-state index contributed by atoms with van der Waals surface area (Å²) in [6.45, 7) is 3.79. The summed E-state index contributed by atoms with van der Waals surface area (Å²) in [4.78, 5) is 33.5. The van der Waals surface area contributed by atoms with Gasteiger partial charge in [0.15, 0.2) is 11.8 Å². The number of aromatic nitrogens is 3. The maximum atomic E-state index is 13.0. The first kappa shape index (κ1) is 17.6. The minimum Gasteiger partial charge on any atom is -0.463 e. The molecule has 0 fully saturated rings. The minimum atomic E-state index is -0.844. The van der Waals surface area contributed by atoms with E-state index < -0.39 is 12.1 Å². The summed E-state index contributed by atoms with van der Waals surface area (Å²) in [6.07, 6.45) is 4.07. The fourth-order valence-electron chi connectivity index (χ4n) is 2.58. The molecule has 0 saturated carbocycles. The van der Waals surface area contributed by atoms with Crippen LogP contribution in [0.15, 0.2) is 53.7 Å². The van der Waals surface area contributed by atoms with Gasteiger partial charge < -0.3 is 9.47 Å². The zero-order chi connectivity index (χ0) is 18.5. The smallest absolute Gasteiger partial charge is 0.347 e. The summed E-state index contributed by atoms with van der Waals surface area (Å²) in [5.74, 6) is -0.392. The number of esters is 1. The molecule has 7 heteroatoms. The first-order chi connectivity index (χ1) is 12.7. The second kappa shape index (κ2) is 7.77. The van der Waals surface area contributed by atoms with Crippen molar-refractivity contribution in [1.82, 2.24) is 14.4 Å². The van der Waals surface area contributed by atoms with Gasteiger partial charge in [-0.2, -0.15) is 4.98 Å². The molecule has 0 spiro atoms. The van der Waals surface area contributed by atoms with Crippen LogP contribution in [0.4, 0.5) is 0 Å². The van der Waals surface area contributed by atoms with Gasteiger partial charge in [0.2, 0.25) is 5.88 Å². The largest absolute Gasteiger partial charge is 0.463 e. The van der Waals surface area contributed by atoms with Gasteiger partial charge in [0.1, 0.15) is 5.56 Å². The summed E-state index contributed by atoms with van der Waals surface area (Å²) >= 11 is 0. The standard InChI is InChI=1S/C19H19N3O4/c1-3-14(19(24)25-4-2)26-17-16(13-8-6-5-7-9-13)18(23)22-11-10-20-12-15(22)21-17/h5-12,14H,3-4H2,1-2H3. The minimum absolute atomic E-state index is 0.0918. The van der Waals surface area contributed by atoms with Crippen LogP contribution in [0, 0.1) is 0 Å². The molecule has 0 radical (unpaired) electrons. The van der Waals surface area contributed by atoms with Crippen LogP contribution >= 0.6 is 0 Å². The van der Waals surface area contributed by atoms with E-state index in [0.717, 1.165) is 0 Å². The van der Waals surface area contributed by atoms with E-state index in [0.29, 0.717) is 17.6 Å². The maximum absolute atomic E-state index is 13.0. The van der Waals surface area contributed by atoms with Crippen molar-refractivity contribution in [2.24, 2.45) is 0 Å².